The van der Waals surface area contributed by atoms with Gasteiger partial charge in [0.2, 0.25) is 21.7 Å². The average Bonchev–Trinajstić information content (AvgIpc) is 3.01. The number of anilines is 1. The Morgan fingerprint density at radius 2 is 1.56 bits per heavy atom. The van der Waals surface area contributed by atoms with Gasteiger partial charge >= 0.3 is 0 Å². The highest BCUT2D eigenvalue weighted by Gasteiger charge is 2.48. The molecule has 2 aromatic carbocycles. The summed E-state index contributed by atoms with van der Waals surface area (Å²) in [7, 11) is -4.09. The summed E-state index contributed by atoms with van der Waals surface area (Å²) in [6.07, 6.45) is 6.80. The first kappa shape index (κ1) is 32.4. The molecule has 0 bridgehead atoms. The van der Waals surface area contributed by atoms with Gasteiger partial charge in [-0.1, -0.05) is 25.3 Å². The molecule has 2 fully saturated rings. The van der Waals surface area contributed by atoms with Gasteiger partial charge in [0.15, 0.2) is 28.2 Å². The number of hydrogen-bond acceptors (Lipinski definition) is 5. The molecule has 8 nitrogen and oxygen atoms in total. The van der Waals surface area contributed by atoms with E-state index in [4.69, 9.17) is 0 Å². The Morgan fingerprint density at radius 3 is 2.09 bits per heavy atom. The van der Waals surface area contributed by atoms with Crippen molar-refractivity contribution in [2.24, 2.45) is 0 Å². The molecule has 2 heterocycles. The van der Waals surface area contributed by atoms with Crippen molar-refractivity contribution in [1.82, 2.24) is 14.6 Å². The van der Waals surface area contributed by atoms with Gasteiger partial charge in [-0.3, -0.25) is 14.6 Å². The summed E-state index contributed by atoms with van der Waals surface area (Å²) in [5.74, 6) is -14.9. The lowest BCUT2D eigenvalue weighted by atomic mass is 9.85. The van der Waals surface area contributed by atoms with Crippen LogP contribution in [0.4, 0.5) is 32.0 Å². The van der Waals surface area contributed by atoms with Gasteiger partial charge in [-0.2, -0.15) is 4.31 Å². The van der Waals surface area contributed by atoms with Crippen molar-refractivity contribution in [2.45, 2.75) is 61.9 Å². The third kappa shape index (κ3) is 6.02. The van der Waals surface area contributed by atoms with Crippen molar-refractivity contribution in [2.75, 3.05) is 18.5 Å². The summed E-state index contributed by atoms with van der Waals surface area (Å²) in [6, 6.07) is 5.06. The van der Waals surface area contributed by atoms with Gasteiger partial charge in [0.1, 0.15) is 11.9 Å². The van der Waals surface area contributed by atoms with Gasteiger partial charge < -0.3 is 10.2 Å². The van der Waals surface area contributed by atoms with Crippen LogP contribution in [0.3, 0.4) is 0 Å². The van der Waals surface area contributed by atoms with Crippen molar-refractivity contribution >= 4 is 27.5 Å². The number of carbonyl (C=O) groups is 2. The van der Waals surface area contributed by atoms with Crippen molar-refractivity contribution in [3.8, 4) is 0 Å². The average molecular weight is 655 g/mol. The monoisotopic (exact) mass is 654 g/mol. The number of rotatable bonds is 8. The highest BCUT2D eigenvalue weighted by molar-refractivity contribution is 7.89. The minimum absolute atomic E-state index is 0.0692. The molecular weight excluding hydrogens is 626 g/mol. The number of aromatic nitrogens is 1. The molecule has 5 rings (SSSR count). The quantitative estimate of drug-likeness (QED) is 0.202. The number of amides is 2. The van der Waals surface area contributed by atoms with Crippen LogP contribution in [0.25, 0.3) is 0 Å². The zero-order valence-corrected chi connectivity index (χ0v) is 24.7. The molecule has 1 unspecified atom stereocenters. The molecule has 1 saturated carbocycles. The second kappa shape index (κ2) is 12.8. The molecule has 15 heteroatoms. The second-order valence-electron chi connectivity index (χ2n) is 10.9. The van der Waals surface area contributed by atoms with E-state index < -0.39 is 74.2 Å². The minimum Gasteiger partial charge on any atom is -0.355 e. The third-order valence-electron chi connectivity index (χ3n) is 8.23. The maximum Gasteiger partial charge on any atom is 0.251 e. The molecular formula is C30H28F6N4O4S. The fourth-order valence-electron chi connectivity index (χ4n) is 5.67. The number of nitrogens with one attached hydrogen (secondary N) is 1. The zero-order chi connectivity index (χ0) is 32.6. The fourth-order valence-corrected chi connectivity index (χ4v) is 7.41. The second-order valence-corrected chi connectivity index (χ2v) is 12.7. The highest BCUT2D eigenvalue weighted by atomic mass is 32.2. The molecule has 3 aromatic rings. The van der Waals surface area contributed by atoms with Crippen molar-refractivity contribution in [3.63, 3.8) is 0 Å². The molecule has 2 aliphatic rings. The molecule has 1 N–H and O–H groups in total. The van der Waals surface area contributed by atoms with E-state index in [0.717, 1.165) is 54.7 Å². The SMILES string of the molecule is CNC(=O)c1ccc(N(Cc2ccc(C3CCCCC3)cn2)C(=O)C2CCN2S(=O)(=O)c2c(F)c(F)c(F)c(F)c2F)c(F)c1. The summed E-state index contributed by atoms with van der Waals surface area (Å²) in [6.45, 7) is -0.856. The van der Waals surface area contributed by atoms with Crippen LogP contribution in [0.1, 0.15) is 66.1 Å². The Balaban J connectivity index is 1.49. The Morgan fingerprint density at radius 1 is 0.911 bits per heavy atom. The third-order valence-corrected chi connectivity index (χ3v) is 10.2. The van der Waals surface area contributed by atoms with Gasteiger partial charge in [-0.05, 0) is 55.0 Å². The zero-order valence-electron chi connectivity index (χ0n) is 23.9. The van der Waals surface area contributed by atoms with Gasteiger partial charge in [0, 0.05) is 25.4 Å². The number of sulfonamides is 1. The molecule has 1 aromatic heterocycles. The number of pyridine rings is 1. The van der Waals surface area contributed by atoms with E-state index in [2.05, 4.69) is 10.3 Å². The van der Waals surface area contributed by atoms with E-state index in [1.807, 2.05) is 6.07 Å². The van der Waals surface area contributed by atoms with Crippen LogP contribution >= 0.6 is 0 Å². The Kier molecular flexibility index (Phi) is 9.21. The molecule has 1 atom stereocenters. The molecule has 1 saturated heterocycles. The number of benzene rings is 2. The number of hydrogen-bond donors (Lipinski definition) is 1. The molecule has 1 aliphatic carbocycles. The van der Waals surface area contributed by atoms with E-state index >= 15 is 4.39 Å². The molecule has 45 heavy (non-hydrogen) atoms. The van der Waals surface area contributed by atoms with Crippen LogP contribution in [0.2, 0.25) is 0 Å². The van der Waals surface area contributed by atoms with Crippen LogP contribution in [-0.4, -0.2) is 49.2 Å². The lowest BCUT2D eigenvalue weighted by Crippen LogP contribution is -2.59. The number of nitrogens with zero attached hydrogens (tertiary/aromatic N) is 3. The van der Waals surface area contributed by atoms with Gasteiger partial charge in [0.25, 0.3) is 5.91 Å². The first-order valence-electron chi connectivity index (χ1n) is 14.2. The lowest BCUT2D eigenvalue weighted by Gasteiger charge is -2.41. The van der Waals surface area contributed by atoms with E-state index in [-0.39, 0.29) is 24.2 Å². The van der Waals surface area contributed by atoms with Crippen LogP contribution in [0, 0.1) is 34.9 Å². The Labute approximate surface area is 255 Å². The van der Waals surface area contributed by atoms with Crippen molar-refractivity contribution < 1.29 is 44.3 Å². The fraction of sp³-hybridized carbons (Fsp3) is 0.367. The van der Waals surface area contributed by atoms with E-state index in [1.54, 1.807) is 12.3 Å². The van der Waals surface area contributed by atoms with Crippen LogP contribution < -0.4 is 10.2 Å². The summed E-state index contributed by atoms with van der Waals surface area (Å²) >= 11 is 0. The smallest absolute Gasteiger partial charge is 0.251 e. The number of halogens is 6. The lowest BCUT2D eigenvalue weighted by molar-refractivity contribution is -0.125. The largest absolute Gasteiger partial charge is 0.355 e. The van der Waals surface area contributed by atoms with E-state index in [0.29, 0.717) is 15.9 Å². The molecule has 1 aliphatic heterocycles. The molecule has 240 valence electrons. The molecule has 2 amide bonds. The summed E-state index contributed by atoms with van der Waals surface area (Å²) in [4.78, 5) is 29.1. The Bertz CT molecular complexity index is 1720. The maximum atomic E-state index is 15.4. The van der Waals surface area contributed by atoms with E-state index in [9.17, 15) is 40.0 Å². The van der Waals surface area contributed by atoms with E-state index in [1.165, 1.54) is 13.1 Å². The summed E-state index contributed by atoms with van der Waals surface area (Å²) in [5.41, 5.74) is 0.870. The number of carbonyl (C=O) groups excluding carboxylic acids is 2. The standard InChI is InChI=1S/C30H28F6N4O4S/c1-37-29(41)17-8-10-21(20(31)13-17)39(15-19-9-7-18(14-38-19)16-5-3-2-4-6-16)30(42)22-11-12-40(22)45(43,44)28-26(35)24(33)23(32)25(34)27(28)36/h7-10,13-14,16,22H,2-6,11-12,15H2,1H3,(H,37,41). The van der Waals surface area contributed by atoms with Crippen molar-refractivity contribution in [1.29, 1.82) is 0 Å². The predicted molar refractivity (Wildman–Crippen MR) is 150 cm³/mol. The van der Waals surface area contributed by atoms with Crippen LogP contribution in [0.5, 0.6) is 0 Å². The van der Waals surface area contributed by atoms with Gasteiger partial charge in [-0.15, -0.1) is 0 Å². The minimum atomic E-state index is -5.43. The van der Waals surface area contributed by atoms with Gasteiger partial charge in [0.05, 0.1) is 17.9 Å². The first-order chi connectivity index (χ1) is 21.4. The highest BCUT2D eigenvalue weighted by Crippen LogP contribution is 2.36. The van der Waals surface area contributed by atoms with Crippen LogP contribution in [-0.2, 0) is 21.4 Å². The molecule has 0 radical (unpaired) electrons. The first-order valence-corrected chi connectivity index (χ1v) is 15.6. The maximum absolute atomic E-state index is 15.4. The topological polar surface area (TPSA) is 99.7 Å². The molecule has 0 spiro atoms. The van der Waals surface area contributed by atoms with Crippen molar-refractivity contribution in [3.05, 3.63) is 88.3 Å². The normalized spacial score (nSPS) is 17.5. The van der Waals surface area contributed by atoms with Crippen LogP contribution in [0.15, 0.2) is 41.4 Å². The van der Waals surface area contributed by atoms with Gasteiger partial charge in [-0.25, -0.2) is 34.8 Å². The summed E-state index contributed by atoms with van der Waals surface area (Å²) < 4.78 is 112. The predicted octanol–water partition coefficient (Wildman–Crippen LogP) is 5.32. The summed E-state index contributed by atoms with van der Waals surface area (Å²) in [5, 5.41) is 2.34. The Hall–Kier alpha value is -3.98.